The molecule has 0 saturated carbocycles. The number of hydrogen-bond acceptors (Lipinski definition) is 4. The molecule has 0 aromatic heterocycles. The fraction of sp³-hybridized carbons (Fsp3) is 0.526. The van der Waals surface area contributed by atoms with Gasteiger partial charge in [0, 0.05) is 24.5 Å². The van der Waals surface area contributed by atoms with Crippen molar-refractivity contribution in [2.75, 3.05) is 29.9 Å². The molecule has 1 aromatic carbocycles. The zero-order valence-corrected chi connectivity index (χ0v) is 15.4. The van der Waals surface area contributed by atoms with Crippen molar-refractivity contribution in [1.82, 2.24) is 10.2 Å². The number of urea groups is 1. The van der Waals surface area contributed by atoms with Gasteiger partial charge in [0.15, 0.2) is 0 Å². The second-order valence-electron chi connectivity index (χ2n) is 6.96. The van der Waals surface area contributed by atoms with E-state index in [0.29, 0.717) is 12.1 Å². The number of carbonyl (C=O) groups is 3. The number of hydrogen-bond donors (Lipinski definition) is 2. The quantitative estimate of drug-likeness (QED) is 0.764. The summed E-state index contributed by atoms with van der Waals surface area (Å²) in [5.41, 5.74) is 2.83. The van der Waals surface area contributed by atoms with Gasteiger partial charge < -0.3 is 15.5 Å². The van der Waals surface area contributed by atoms with Crippen molar-refractivity contribution in [3.05, 3.63) is 23.8 Å². The number of anilines is 2. The van der Waals surface area contributed by atoms with Crippen LogP contribution in [0.2, 0.25) is 0 Å². The average Bonchev–Trinajstić information content (AvgIpc) is 3.22. The highest BCUT2D eigenvalue weighted by atomic mass is 16.2. The van der Waals surface area contributed by atoms with E-state index in [9.17, 15) is 14.4 Å². The number of benzene rings is 1. The smallest absolute Gasteiger partial charge is 0.325 e. The fourth-order valence-corrected chi connectivity index (χ4v) is 3.50. The molecule has 2 aliphatic heterocycles. The van der Waals surface area contributed by atoms with E-state index in [1.807, 2.05) is 26.0 Å². The fourth-order valence-electron chi connectivity index (χ4n) is 3.50. The second kappa shape index (κ2) is 7.76. The van der Waals surface area contributed by atoms with Crippen LogP contribution in [0, 0.1) is 6.92 Å². The van der Waals surface area contributed by atoms with E-state index in [1.54, 1.807) is 0 Å². The maximum Gasteiger partial charge on any atom is 0.325 e. The SMILES string of the molecule is CCC[C@H]1NC(=O)N(CC(=O)Nc2ccc(N3CCCC3)cc2C)C1=O. The van der Waals surface area contributed by atoms with Crippen LogP contribution in [0.15, 0.2) is 18.2 Å². The molecule has 140 valence electrons. The van der Waals surface area contributed by atoms with Crippen LogP contribution in [0.1, 0.15) is 38.2 Å². The molecular weight excluding hydrogens is 332 g/mol. The van der Waals surface area contributed by atoms with Gasteiger partial charge in [-0.3, -0.25) is 14.5 Å². The molecule has 2 N–H and O–H groups in total. The second-order valence-corrected chi connectivity index (χ2v) is 6.96. The molecule has 3 rings (SSSR count). The predicted octanol–water partition coefficient (Wildman–Crippen LogP) is 2.25. The zero-order valence-electron chi connectivity index (χ0n) is 15.4. The summed E-state index contributed by atoms with van der Waals surface area (Å²) in [4.78, 5) is 39.8. The summed E-state index contributed by atoms with van der Waals surface area (Å²) in [5.74, 6) is -0.698. The third kappa shape index (κ3) is 3.81. The summed E-state index contributed by atoms with van der Waals surface area (Å²) < 4.78 is 0. The lowest BCUT2D eigenvalue weighted by Crippen LogP contribution is -2.38. The molecule has 2 fully saturated rings. The Morgan fingerprint density at radius 2 is 2.00 bits per heavy atom. The Balaban J connectivity index is 1.61. The van der Waals surface area contributed by atoms with Gasteiger partial charge in [-0.05, 0) is 49.9 Å². The normalized spacial score (nSPS) is 19.8. The van der Waals surface area contributed by atoms with E-state index in [1.165, 1.54) is 12.8 Å². The first kappa shape index (κ1) is 18.2. The van der Waals surface area contributed by atoms with Gasteiger partial charge in [-0.15, -0.1) is 0 Å². The minimum absolute atomic E-state index is 0.266. The lowest BCUT2D eigenvalue weighted by Gasteiger charge is -2.19. The molecule has 1 atom stereocenters. The lowest BCUT2D eigenvalue weighted by molar-refractivity contribution is -0.130. The van der Waals surface area contributed by atoms with E-state index >= 15 is 0 Å². The Labute approximate surface area is 153 Å². The van der Waals surface area contributed by atoms with Crippen LogP contribution >= 0.6 is 0 Å². The van der Waals surface area contributed by atoms with Gasteiger partial charge in [-0.2, -0.15) is 0 Å². The molecule has 0 spiro atoms. The van der Waals surface area contributed by atoms with Gasteiger partial charge in [0.05, 0.1) is 0 Å². The summed E-state index contributed by atoms with van der Waals surface area (Å²) in [6.07, 6.45) is 3.80. The molecule has 0 bridgehead atoms. The summed E-state index contributed by atoms with van der Waals surface area (Å²) in [7, 11) is 0. The number of nitrogens with one attached hydrogen (secondary N) is 2. The minimum atomic E-state index is -0.512. The number of imide groups is 1. The van der Waals surface area contributed by atoms with Gasteiger partial charge in [0.25, 0.3) is 5.91 Å². The highest BCUT2D eigenvalue weighted by Gasteiger charge is 2.38. The molecule has 0 radical (unpaired) electrons. The van der Waals surface area contributed by atoms with Gasteiger partial charge in [-0.1, -0.05) is 13.3 Å². The van der Waals surface area contributed by atoms with Crippen LogP contribution in [-0.2, 0) is 9.59 Å². The summed E-state index contributed by atoms with van der Waals surface area (Å²) in [6, 6.07) is 4.93. The zero-order chi connectivity index (χ0) is 18.7. The van der Waals surface area contributed by atoms with E-state index in [2.05, 4.69) is 21.6 Å². The van der Waals surface area contributed by atoms with Crippen LogP contribution in [0.3, 0.4) is 0 Å². The van der Waals surface area contributed by atoms with Crippen LogP contribution in [0.4, 0.5) is 16.2 Å². The van der Waals surface area contributed by atoms with Crippen molar-refractivity contribution in [3.8, 4) is 0 Å². The van der Waals surface area contributed by atoms with E-state index < -0.39 is 12.1 Å². The van der Waals surface area contributed by atoms with Crippen molar-refractivity contribution < 1.29 is 14.4 Å². The molecule has 1 aromatic rings. The molecule has 26 heavy (non-hydrogen) atoms. The molecule has 4 amide bonds. The molecule has 2 aliphatic rings. The number of rotatable bonds is 6. The van der Waals surface area contributed by atoms with Crippen LogP contribution in [0.5, 0.6) is 0 Å². The Morgan fingerprint density at radius 3 is 2.65 bits per heavy atom. The van der Waals surface area contributed by atoms with Crippen molar-refractivity contribution in [2.24, 2.45) is 0 Å². The summed E-state index contributed by atoms with van der Waals surface area (Å²) >= 11 is 0. The average molecular weight is 358 g/mol. The Morgan fingerprint density at radius 1 is 1.27 bits per heavy atom. The van der Waals surface area contributed by atoms with Crippen LogP contribution < -0.4 is 15.5 Å². The molecule has 0 unspecified atom stereocenters. The van der Waals surface area contributed by atoms with Crippen molar-refractivity contribution in [1.29, 1.82) is 0 Å². The highest BCUT2D eigenvalue weighted by Crippen LogP contribution is 2.25. The first-order chi connectivity index (χ1) is 12.5. The van der Waals surface area contributed by atoms with Crippen molar-refractivity contribution in [3.63, 3.8) is 0 Å². The standard InChI is InChI=1S/C19H26N4O3/c1-3-6-16-18(25)23(19(26)21-16)12-17(24)20-15-8-7-14(11-13(15)2)22-9-4-5-10-22/h7-8,11,16H,3-6,9-10,12H2,1-2H3,(H,20,24)(H,21,26)/t16-/m1/s1. The number of aryl methyl sites for hydroxylation is 1. The molecule has 2 heterocycles. The number of nitrogens with zero attached hydrogens (tertiary/aromatic N) is 2. The van der Waals surface area contributed by atoms with Crippen LogP contribution in [-0.4, -0.2) is 48.4 Å². The van der Waals surface area contributed by atoms with Crippen LogP contribution in [0.25, 0.3) is 0 Å². The first-order valence-corrected chi connectivity index (χ1v) is 9.27. The first-order valence-electron chi connectivity index (χ1n) is 9.27. The molecule has 2 saturated heterocycles. The Bertz CT molecular complexity index is 713. The molecule has 0 aliphatic carbocycles. The molecular formula is C19H26N4O3. The molecule has 7 heteroatoms. The van der Waals surface area contributed by atoms with Crippen molar-refractivity contribution >= 4 is 29.2 Å². The lowest BCUT2D eigenvalue weighted by atomic mass is 10.1. The maximum absolute atomic E-state index is 12.3. The minimum Gasteiger partial charge on any atom is -0.372 e. The third-order valence-electron chi connectivity index (χ3n) is 4.94. The van der Waals surface area contributed by atoms with E-state index in [4.69, 9.17) is 0 Å². The Kier molecular flexibility index (Phi) is 5.44. The highest BCUT2D eigenvalue weighted by molar-refractivity contribution is 6.08. The number of carbonyl (C=O) groups excluding carboxylic acids is 3. The van der Waals surface area contributed by atoms with E-state index in [-0.39, 0.29) is 18.4 Å². The monoisotopic (exact) mass is 358 g/mol. The topological polar surface area (TPSA) is 81.8 Å². The number of amides is 4. The van der Waals surface area contributed by atoms with Crippen molar-refractivity contribution in [2.45, 2.75) is 45.6 Å². The third-order valence-corrected chi connectivity index (χ3v) is 4.94. The van der Waals surface area contributed by atoms with Gasteiger partial charge in [0.1, 0.15) is 12.6 Å². The summed E-state index contributed by atoms with van der Waals surface area (Å²) in [6.45, 7) is 5.76. The van der Waals surface area contributed by atoms with Gasteiger partial charge in [0.2, 0.25) is 5.91 Å². The Hall–Kier alpha value is -2.57. The van der Waals surface area contributed by atoms with Gasteiger partial charge in [-0.25, -0.2) is 4.79 Å². The maximum atomic E-state index is 12.3. The molecule has 7 nitrogen and oxygen atoms in total. The predicted molar refractivity (Wildman–Crippen MR) is 100 cm³/mol. The van der Waals surface area contributed by atoms with E-state index in [0.717, 1.165) is 35.7 Å². The largest absolute Gasteiger partial charge is 0.372 e. The van der Waals surface area contributed by atoms with Gasteiger partial charge >= 0.3 is 6.03 Å². The summed E-state index contributed by atoms with van der Waals surface area (Å²) in [5, 5.41) is 5.44.